The summed E-state index contributed by atoms with van der Waals surface area (Å²) in [6.07, 6.45) is 0. The molecule has 0 saturated heterocycles. The van der Waals surface area contributed by atoms with Crippen molar-refractivity contribution >= 4 is 45.0 Å². The summed E-state index contributed by atoms with van der Waals surface area (Å²) in [5.41, 5.74) is 2.35. The number of amides is 3. The van der Waals surface area contributed by atoms with Crippen LogP contribution in [0.25, 0.3) is 0 Å². The van der Waals surface area contributed by atoms with Crippen molar-refractivity contribution in [3.05, 3.63) is 52.0 Å². The standard InChI is InChI=1S/C20H20BrN3O4/c1-3-22-20(27)13-5-4-12(2)15(8-13)23-18(25)10-24-16-7-6-14(21)9-17(16)28-11-19(24)26/h4-9H,3,10-11H2,1-2H3,(H,22,27)(H,23,25). The van der Waals surface area contributed by atoms with Crippen molar-refractivity contribution in [2.75, 3.05) is 29.9 Å². The molecule has 0 spiro atoms. The minimum absolute atomic E-state index is 0.123. The van der Waals surface area contributed by atoms with E-state index in [1.165, 1.54) is 4.90 Å². The summed E-state index contributed by atoms with van der Waals surface area (Å²) in [7, 11) is 0. The predicted molar refractivity (Wildman–Crippen MR) is 110 cm³/mol. The SMILES string of the molecule is CCNC(=O)c1ccc(C)c(NC(=O)CN2C(=O)COc3cc(Br)ccc32)c1. The van der Waals surface area contributed by atoms with Crippen molar-refractivity contribution < 1.29 is 19.1 Å². The molecule has 1 aliphatic rings. The van der Waals surface area contributed by atoms with Crippen LogP contribution in [0.3, 0.4) is 0 Å². The molecule has 0 saturated carbocycles. The third-order valence-electron chi connectivity index (χ3n) is 4.28. The van der Waals surface area contributed by atoms with Gasteiger partial charge in [0.1, 0.15) is 12.3 Å². The molecule has 1 aliphatic heterocycles. The first-order valence-corrected chi connectivity index (χ1v) is 9.59. The van der Waals surface area contributed by atoms with Crippen LogP contribution in [0.2, 0.25) is 0 Å². The number of nitrogens with zero attached hydrogens (tertiary/aromatic N) is 1. The molecule has 1 heterocycles. The number of hydrogen-bond acceptors (Lipinski definition) is 4. The summed E-state index contributed by atoms with van der Waals surface area (Å²) in [6.45, 7) is 3.92. The number of ether oxygens (including phenoxy) is 1. The van der Waals surface area contributed by atoms with Crippen molar-refractivity contribution in [1.82, 2.24) is 5.32 Å². The van der Waals surface area contributed by atoms with Gasteiger partial charge in [0.15, 0.2) is 6.61 Å². The third kappa shape index (κ3) is 4.33. The van der Waals surface area contributed by atoms with Gasteiger partial charge in [-0.25, -0.2) is 0 Å². The lowest BCUT2D eigenvalue weighted by Crippen LogP contribution is -2.43. The number of rotatable bonds is 5. The monoisotopic (exact) mass is 445 g/mol. The van der Waals surface area contributed by atoms with Crippen LogP contribution in [0.1, 0.15) is 22.8 Å². The molecule has 0 aliphatic carbocycles. The van der Waals surface area contributed by atoms with E-state index in [9.17, 15) is 14.4 Å². The van der Waals surface area contributed by atoms with Gasteiger partial charge in [-0.15, -0.1) is 0 Å². The minimum Gasteiger partial charge on any atom is -0.482 e. The predicted octanol–water partition coefficient (Wildman–Crippen LogP) is 2.87. The van der Waals surface area contributed by atoms with Gasteiger partial charge >= 0.3 is 0 Å². The second-order valence-corrected chi connectivity index (χ2v) is 7.23. The molecule has 7 nitrogen and oxygen atoms in total. The number of aryl methyl sites for hydroxylation is 1. The van der Waals surface area contributed by atoms with Crippen LogP contribution in [0.4, 0.5) is 11.4 Å². The highest BCUT2D eigenvalue weighted by atomic mass is 79.9. The number of carbonyl (C=O) groups excluding carboxylic acids is 3. The van der Waals surface area contributed by atoms with E-state index in [4.69, 9.17) is 4.74 Å². The van der Waals surface area contributed by atoms with Crippen molar-refractivity contribution in [3.8, 4) is 5.75 Å². The highest BCUT2D eigenvalue weighted by molar-refractivity contribution is 9.10. The Bertz CT molecular complexity index is 945. The van der Waals surface area contributed by atoms with Crippen molar-refractivity contribution in [3.63, 3.8) is 0 Å². The van der Waals surface area contributed by atoms with Gasteiger partial charge in [-0.3, -0.25) is 19.3 Å². The average molecular weight is 446 g/mol. The number of halogens is 1. The first-order chi connectivity index (χ1) is 13.4. The average Bonchev–Trinajstić information content (AvgIpc) is 2.66. The molecule has 28 heavy (non-hydrogen) atoms. The van der Waals surface area contributed by atoms with Crippen LogP contribution < -0.4 is 20.3 Å². The molecule has 146 valence electrons. The van der Waals surface area contributed by atoms with E-state index in [0.29, 0.717) is 29.2 Å². The van der Waals surface area contributed by atoms with Crippen LogP contribution >= 0.6 is 15.9 Å². The Hall–Kier alpha value is -2.87. The Morgan fingerprint density at radius 1 is 1.21 bits per heavy atom. The van der Waals surface area contributed by atoms with Gasteiger partial charge in [0.25, 0.3) is 11.8 Å². The summed E-state index contributed by atoms with van der Waals surface area (Å²) in [5.74, 6) is -0.324. The van der Waals surface area contributed by atoms with Gasteiger partial charge in [-0.1, -0.05) is 22.0 Å². The maximum Gasteiger partial charge on any atom is 0.265 e. The number of anilines is 2. The van der Waals surface area contributed by atoms with E-state index in [2.05, 4.69) is 26.6 Å². The summed E-state index contributed by atoms with van der Waals surface area (Å²) < 4.78 is 6.26. The molecule has 0 fully saturated rings. The number of hydrogen-bond donors (Lipinski definition) is 2. The van der Waals surface area contributed by atoms with E-state index in [1.54, 1.807) is 36.4 Å². The van der Waals surface area contributed by atoms with Crippen LogP contribution in [-0.4, -0.2) is 37.4 Å². The molecule has 3 amide bonds. The fourth-order valence-corrected chi connectivity index (χ4v) is 3.19. The molecule has 0 bridgehead atoms. The van der Waals surface area contributed by atoms with Crippen LogP contribution in [0.5, 0.6) is 5.75 Å². The van der Waals surface area contributed by atoms with Crippen LogP contribution in [0, 0.1) is 6.92 Å². The van der Waals surface area contributed by atoms with E-state index in [-0.39, 0.29) is 30.9 Å². The lowest BCUT2D eigenvalue weighted by atomic mass is 10.1. The summed E-state index contributed by atoms with van der Waals surface area (Å²) >= 11 is 3.36. The topological polar surface area (TPSA) is 87.7 Å². The quantitative estimate of drug-likeness (QED) is 0.740. The molecular formula is C20H20BrN3O4. The van der Waals surface area contributed by atoms with E-state index >= 15 is 0 Å². The number of fused-ring (bicyclic) bond motifs is 1. The van der Waals surface area contributed by atoms with Crippen molar-refractivity contribution in [1.29, 1.82) is 0 Å². The highest BCUT2D eigenvalue weighted by Crippen LogP contribution is 2.34. The molecule has 0 unspecified atom stereocenters. The van der Waals surface area contributed by atoms with Crippen molar-refractivity contribution in [2.24, 2.45) is 0 Å². The smallest absolute Gasteiger partial charge is 0.265 e. The van der Waals surface area contributed by atoms with Crippen LogP contribution in [-0.2, 0) is 9.59 Å². The van der Waals surface area contributed by atoms with Gasteiger partial charge in [-0.05, 0) is 49.7 Å². The zero-order valence-electron chi connectivity index (χ0n) is 15.5. The fourth-order valence-electron chi connectivity index (χ4n) is 2.85. The van der Waals surface area contributed by atoms with Gasteiger partial charge < -0.3 is 15.4 Å². The van der Waals surface area contributed by atoms with Gasteiger partial charge in [0.05, 0.1) is 5.69 Å². The van der Waals surface area contributed by atoms with Crippen LogP contribution in [0.15, 0.2) is 40.9 Å². The first-order valence-electron chi connectivity index (χ1n) is 8.80. The Morgan fingerprint density at radius 2 is 2.00 bits per heavy atom. The molecule has 0 aromatic heterocycles. The molecule has 0 atom stereocenters. The number of carbonyl (C=O) groups is 3. The van der Waals surface area contributed by atoms with Gasteiger partial charge in [0, 0.05) is 22.3 Å². The molecule has 8 heteroatoms. The number of benzene rings is 2. The van der Waals surface area contributed by atoms with E-state index < -0.39 is 0 Å². The normalized spacial score (nSPS) is 12.8. The second-order valence-electron chi connectivity index (χ2n) is 6.32. The molecular weight excluding hydrogens is 426 g/mol. The summed E-state index contributed by atoms with van der Waals surface area (Å²) in [5, 5.41) is 5.52. The lowest BCUT2D eigenvalue weighted by molar-refractivity contribution is -0.123. The van der Waals surface area contributed by atoms with Gasteiger partial charge in [0.2, 0.25) is 5.91 Å². The zero-order chi connectivity index (χ0) is 20.3. The largest absolute Gasteiger partial charge is 0.482 e. The van der Waals surface area contributed by atoms with E-state index in [0.717, 1.165) is 10.0 Å². The second kappa shape index (κ2) is 8.43. The molecule has 3 rings (SSSR count). The highest BCUT2D eigenvalue weighted by Gasteiger charge is 2.27. The van der Waals surface area contributed by atoms with E-state index in [1.807, 2.05) is 13.8 Å². The minimum atomic E-state index is -0.361. The molecule has 2 aromatic carbocycles. The Labute approximate surface area is 171 Å². The first kappa shape index (κ1) is 19.9. The Morgan fingerprint density at radius 3 is 2.75 bits per heavy atom. The van der Waals surface area contributed by atoms with Gasteiger partial charge in [-0.2, -0.15) is 0 Å². The Kier molecular flexibility index (Phi) is 5.99. The molecule has 2 N–H and O–H groups in total. The summed E-state index contributed by atoms with van der Waals surface area (Å²) in [6, 6.07) is 10.4. The maximum atomic E-state index is 12.6. The fraction of sp³-hybridized carbons (Fsp3) is 0.250. The lowest BCUT2D eigenvalue weighted by Gasteiger charge is -2.29. The maximum absolute atomic E-state index is 12.6. The zero-order valence-corrected chi connectivity index (χ0v) is 17.1. The summed E-state index contributed by atoms with van der Waals surface area (Å²) in [4.78, 5) is 38.3. The molecule has 0 radical (unpaired) electrons. The van der Waals surface area contributed by atoms with Crippen molar-refractivity contribution in [2.45, 2.75) is 13.8 Å². The molecule has 2 aromatic rings. The Balaban J connectivity index is 1.77. The third-order valence-corrected chi connectivity index (χ3v) is 4.77. The number of nitrogens with one attached hydrogen (secondary N) is 2.